The largest absolute Gasteiger partial charge is 0.496 e. The van der Waals surface area contributed by atoms with E-state index in [2.05, 4.69) is 79.2 Å². The molecule has 34 nitrogen and oxygen atoms in total. The maximum Gasteiger partial charge on any atom is 0.334 e. The zero-order chi connectivity index (χ0) is 90.2. The van der Waals surface area contributed by atoms with Gasteiger partial charge in [-0.05, 0) is 79.4 Å². The molecule has 125 heavy (non-hydrogen) atoms. The molecule has 0 N–H and O–H groups in total. The second-order valence-corrected chi connectivity index (χ2v) is 29.2. The average Bonchev–Trinajstić information content (AvgIpc) is 1.59. The molecule has 0 aliphatic carbocycles. The van der Waals surface area contributed by atoms with E-state index in [1.165, 1.54) is 43.0 Å². The van der Waals surface area contributed by atoms with Crippen molar-refractivity contribution in [3.05, 3.63) is 249 Å². The molecule has 4 aromatic carbocycles. The number of aryl methyl sites for hydroxylation is 10. The number of aromatic nitrogens is 25. The molecule has 20 rings (SSSR count). The van der Waals surface area contributed by atoms with Crippen LogP contribution in [-0.2, 0) is 68.7 Å². The molecule has 0 bridgehead atoms. The first-order valence-electron chi connectivity index (χ1n) is 40.7. The van der Waals surface area contributed by atoms with Gasteiger partial charge in [0, 0.05) is 196 Å². The molecule has 0 spiro atoms. The summed E-state index contributed by atoms with van der Waals surface area (Å²) in [5.74, 6) is 0.351. The van der Waals surface area contributed by atoms with Crippen molar-refractivity contribution in [1.29, 1.82) is 0 Å². The topological polar surface area (TPSA) is 341 Å². The zero-order valence-corrected chi connectivity index (χ0v) is 70.1. The van der Waals surface area contributed by atoms with E-state index in [-0.39, 0.29) is 28.8 Å². The summed E-state index contributed by atoms with van der Waals surface area (Å²) in [7, 11) is 15.7. The Morgan fingerprint density at radius 2 is 0.792 bits per heavy atom. The number of rotatable bonds is 16. The highest BCUT2D eigenvalue weighted by atomic mass is 19.1. The summed E-state index contributed by atoms with van der Waals surface area (Å²) in [6.45, 7) is 6.94. The molecule has 0 saturated heterocycles. The fraction of sp³-hybridized carbons (Fsp3) is 0.202. The number of methoxy groups -OCH3 is 5. The summed E-state index contributed by atoms with van der Waals surface area (Å²) < 4.78 is 95.7. The lowest BCUT2D eigenvalue weighted by Gasteiger charge is -2.12. The average molecular weight is 1690 g/mol. The Labute approximate surface area is 712 Å². The summed E-state index contributed by atoms with van der Waals surface area (Å²) >= 11 is 0. The van der Waals surface area contributed by atoms with Crippen LogP contribution in [0.1, 0.15) is 36.0 Å². The Balaban J connectivity index is 0.000000120. The molecular weight excluding hydrogens is 1600 g/mol. The van der Waals surface area contributed by atoms with Gasteiger partial charge in [-0.1, -0.05) is 13.8 Å². The van der Waals surface area contributed by atoms with Gasteiger partial charge in [0.15, 0.2) is 23.3 Å². The van der Waals surface area contributed by atoms with Crippen LogP contribution in [0.15, 0.2) is 203 Å². The maximum absolute atomic E-state index is 15.2. The van der Waals surface area contributed by atoms with Crippen LogP contribution >= 0.6 is 0 Å². The van der Waals surface area contributed by atoms with E-state index in [1.54, 1.807) is 166 Å². The van der Waals surface area contributed by atoms with Gasteiger partial charge in [-0.15, -0.1) is 0 Å². The van der Waals surface area contributed by atoms with Crippen LogP contribution in [0.3, 0.4) is 0 Å². The monoisotopic (exact) mass is 1680 g/mol. The first-order valence-corrected chi connectivity index (χ1v) is 39.2. The lowest BCUT2D eigenvalue weighted by atomic mass is 10.0. The van der Waals surface area contributed by atoms with Crippen molar-refractivity contribution in [2.45, 2.75) is 40.2 Å². The number of pyridine rings is 8. The molecule has 20 aromatic rings. The lowest BCUT2D eigenvalue weighted by Crippen LogP contribution is -2.22. The SMILES string of the molecule is CCc1cnccc1-n1c(=O)n(C)c2cnc3cc(OC)c(-c4cnn(C)c4)cc3c21.CCc1cnccc1-n1c(=O)n(C)c2cnc3cc(OC)c(-c4cnn(CC)c4)cc3c21.COc1cc2ncc3c(c2cc1-c1cnn(C)n1)n(-c1ncccc1F)c(=O)n3C.[2H]C([2H])([2H])Oc1cnc(-n2c(=O)n(C)c3cnc4cc(OC)c(-c5cnn(C)c5)cc4c32)c(F)c1. The Morgan fingerprint density at radius 1 is 0.392 bits per heavy atom. The number of halogens is 2. The van der Waals surface area contributed by atoms with Gasteiger partial charge in [-0.3, -0.25) is 71.4 Å². The Bertz CT molecular complexity index is 8080. The highest BCUT2D eigenvalue weighted by molar-refractivity contribution is 6.09. The van der Waals surface area contributed by atoms with Crippen molar-refractivity contribution in [1.82, 2.24) is 121 Å². The third-order valence-corrected chi connectivity index (χ3v) is 22.1. The van der Waals surface area contributed by atoms with Gasteiger partial charge >= 0.3 is 22.8 Å². The first-order chi connectivity index (χ1) is 61.7. The summed E-state index contributed by atoms with van der Waals surface area (Å²) in [4.78, 5) is 89.2. The molecule has 630 valence electrons. The second kappa shape index (κ2) is 32.8. The van der Waals surface area contributed by atoms with Gasteiger partial charge in [0.1, 0.15) is 34.4 Å². The molecule has 16 aromatic heterocycles. The van der Waals surface area contributed by atoms with Crippen molar-refractivity contribution in [3.8, 4) is 96.4 Å². The van der Waals surface area contributed by atoms with E-state index in [0.29, 0.717) is 83.7 Å². The van der Waals surface area contributed by atoms with Crippen LogP contribution in [-0.4, -0.2) is 156 Å². The molecular formula is C89H81F2N25O9. The third-order valence-electron chi connectivity index (χ3n) is 22.1. The third kappa shape index (κ3) is 14.0. The molecule has 0 fully saturated rings. The molecule has 0 radical (unpaired) electrons. The van der Waals surface area contributed by atoms with Crippen molar-refractivity contribution in [2.75, 3.05) is 35.5 Å². The van der Waals surface area contributed by atoms with E-state index in [1.807, 2.05) is 98.3 Å². The molecule has 0 atom stereocenters. The molecule has 0 saturated carbocycles. The molecule has 0 aliphatic rings. The van der Waals surface area contributed by atoms with Crippen LogP contribution in [0.4, 0.5) is 8.78 Å². The van der Waals surface area contributed by atoms with Gasteiger partial charge < -0.3 is 23.7 Å². The normalized spacial score (nSPS) is 11.9. The zero-order valence-electron chi connectivity index (χ0n) is 73.1. The van der Waals surface area contributed by atoms with E-state index in [9.17, 15) is 23.6 Å². The van der Waals surface area contributed by atoms with E-state index in [0.717, 1.165) is 130 Å². The standard InChI is InChI=1S/C24H24N6O2.C23H22N6O2.C22H19FN6O3.C20H16FN7O2/c1-5-15-11-25-8-7-20(15)30-23-18-9-17(16-12-27-29(6-2)14-16)22(32-4)10-19(18)26-13-21(23)28(3)24(30)31;1-5-14-10-24-7-6-19(14)29-22-17-8-16(15-11-26-27(2)13-15)21(31-4)9-18(17)25-12-20(22)28(3)23(29)30;1-27-11-12(8-26-27)14-6-15-17(7-19(14)32-4)24-10-18-20(15)29(22(30)28(18)2)21-16(23)5-13(31-3)9-25-21;1-26-16-10-23-14-8-17(30-3)11(15-9-24-27(2)25-15)7-12(14)18(16)28(20(26)29)19-13(21)5-4-6-22-19/h7-14H,5-6H2,1-4H3;6-13H,5H2,1-4H3;5-11H,1-4H3;4-10H,1-3H3/i;;3D3;. The summed E-state index contributed by atoms with van der Waals surface area (Å²) in [6, 6.07) is 22.4. The minimum Gasteiger partial charge on any atom is -0.496 e. The fourth-order valence-electron chi connectivity index (χ4n) is 15.8. The van der Waals surface area contributed by atoms with Crippen molar-refractivity contribution in [2.24, 2.45) is 49.3 Å². The second-order valence-electron chi connectivity index (χ2n) is 29.2. The highest BCUT2D eigenvalue weighted by Crippen LogP contribution is 2.42. The summed E-state index contributed by atoms with van der Waals surface area (Å²) in [6.07, 6.45) is 30.4. The summed E-state index contributed by atoms with van der Waals surface area (Å²) in [5, 5.41) is 24.3. The van der Waals surface area contributed by atoms with Crippen LogP contribution in [0.2, 0.25) is 0 Å². The van der Waals surface area contributed by atoms with E-state index >= 15 is 4.39 Å². The maximum atomic E-state index is 15.2. The fourth-order valence-corrected chi connectivity index (χ4v) is 15.8. The van der Waals surface area contributed by atoms with Crippen LogP contribution in [0.25, 0.3) is 155 Å². The minimum atomic E-state index is -2.77. The molecule has 0 amide bonds. The number of fused-ring (bicyclic) bond motifs is 12. The van der Waals surface area contributed by atoms with Gasteiger partial charge in [0.25, 0.3) is 0 Å². The number of ether oxygens (including phenoxy) is 5. The predicted molar refractivity (Wildman–Crippen MR) is 469 cm³/mol. The first kappa shape index (κ1) is 77.4. The molecule has 0 aliphatic heterocycles. The number of hydrogen-bond donors (Lipinski definition) is 0. The number of hydrogen-bond acceptors (Lipinski definition) is 22. The van der Waals surface area contributed by atoms with Crippen LogP contribution < -0.4 is 46.4 Å². The van der Waals surface area contributed by atoms with Crippen LogP contribution in [0.5, 0.6) is 28.7 Å². The quantitative estimate of drug-likeness (QED) is 0.0867. The van der Waals surface area contributed by atoms with Crippen LogP contribution in [0, 0.1) is 11.6 Å². The van der Waals surface area contributed by atoms with Crippen molar-refractivity contribution < 1.29 is 36.6 Å². The van der Waals surface area contributed by atoms with E-state index < -0.39 is 30.1 Å². The highest BCUT2D eigenvalue weighted by Gasteiger charge is 2.28. The molecule has 0 unspecified atom stereocenters. The molecule has 36 heteroatoms. The lowest BCUT2D eigenvalue weighted by molar-refractivity contribution is 0.408. The summed E-state index contributed by atoms with van der Waals surface area (Å²) in [5.41, 5.74) is 16.6. The number of benzene rings is 4. The smallest absolute Gasteiger partial charge is 0.334 e. The predicted octanol–water partition coefficient (Wildman–Crippen LogP) is 12.0. The van der Waals surface area contributed by atoms with Gasteiger partial charge in [-0.2, -0.15) is 30.3 Å². The van der Waals surface area contributed by atoms with E-state index in [4.69, 9.17) is 27.8 Å². The Morgan fingerprint density at radius 3 is 1.16 bits per heavy atom. The number of imidazole rings is 4. The van der Waals surface area contributed by atoms with Gasteiger partial charge in [-0.25, -0.2) is 47.1 Å². The number of nitrogens with zero attached hydrogens (tertiary/aromatic N) is 25. The minimum absolute atomic E-state index is 0.0718. The van der Waals surface area contributed by atoms with Crippen molar-refractivity contribution >= 4 is 87.7 Å². The Kier molecular flexibility index (Phi) is 20.3. The van der Waals surface area contributed by atoms with Gasteiger partial charge in [0.05, 0.1) is 173 Å². The Hall–Kier alpha value is -16.2. The van der Waals surface area contributed by atoms with Gasteiger partial charge in [0.2, 0.25) is 0 Å². The molecule has 16 heterocycles. The van der Waals surface area contributed by atoms with Crippen molar-refractivity contribution in [3.63, 3.8) is 0 Å².